The van der Waals surface area contributed by atoms with Gasteiger partial charge in [-0.15, -0.1) is 24.8 Å². The number of hydrogen-bond acceptors (Lipinski definition) is 5. The molecular weight excluding hydrogens is 459 g/mol. The highest BCUT2D eigenvalue weighted by molar-refractivity contribution is 5.85. The lowest BCUT2D eigenvalue weighted by Crippen LogP contribution is -2.33. The van der Waals surface area contributed by atoms with Gasteiger partial charge in [0.1, 0.15) is 5.75 Å². The summed E-state index contributed by atoms with van der Waals surface area (Å²) in [7, 11) is 0. The maximum atomic E-state index is 12.3. The van der Waals surface area contributed by atoms with Crippen molar-refractivity contribution < 1.29 is 4.74 Å². The standard InChI is InChI=1S/C25H38N4O2.2ClH/c1-4-5-12-23-20(3)27-25(28-24(23)30)26-13-8-15-31-22-11-6-10-21(16-22)18-29-14-7-9-19(2)17-29;;/h6,10-11,16,19H,4-5,7-9,12-15,17-18H2,1-3H3,(H2,26,27,28,30);2*1H. The van der Waals surface area contributed by atoms with Gasteiger partial charge in [-0.25, -0.2) is 4.98 Å². The van der Waals surface area contributed by atoms with Gasteiger partial charge >= 0.3 is 0 Å². The number of benzene rings is 1. The fourth-order valence-corrected chi connectivity index (χ4v) is 4.23. The third-order valence-electron chi connectivity index (χ3n) is 5.93. The maximum absolute atomic E-state index is 12.3. The Morgan fingerprint density at radius 3 is 2.82 bits per heavy atom. The highest BCUT2D eigenvalue weighted by Gasteiger charge is 2.16. The van der Waals surface area contributed by atoms with Crippen LogP contribution in [0.5, 0.6) is 5.75 Å². The van der Waals surface area contributed by atoms with Crippen LogP contribution in [0.15, 0.2) is 29.1 Å². The summed E-state index contributed by atoms with van der Waals surface area (Å²) >= 11 is 0. The van der Waals surface area contributed by atoms with Crippen LogP contribution < -0.4 is 15.6 Å². The molecule has 0 amide bonds. The second kappa shape index (κ2) is 15.2. The van der Waals surface area contributed by atoms with Gasteiger partial charge in [0.15, 0.2) is 0 Å². The maximum Gasteiger partial charge on any atom is 0.255 e. The van der Waals surface area contributed by atoms with Gasteiger partial charge in [-0.1, -0.05) is 32.4 Å². The molecule has 8 heteroatoms. The average Bonchev–Trinajstić information content (AvgIpc) is 2.73. The minimum atomic E-state index is -0.0281. The van der Waals surface area contributed by atoms with E-state index in [1.807, 2.05) is 13.0 Å². The second-order valence-corrected chi connectivity index (χ2v) is 8.84. The predicted molar refractivity (Wildman–Crippen MR) is 141 cm³/mol. The summed E-state index contributed by atoms with van der Waals surface area (Å²) in [6.45, 7) is 11.1. The molecule has 1 aliphatic heterocycles. The third-order valence-corrected chi connectivity index (χ3v) is 5.93. The summed E-state index contributed by atoms with van der Waals surface area (Å²) in [6, 6.07) is 8.44. The van der Waals surface area contributed by atoms with E-state index in [9.17, 15) is 4.79 Å². The summed E-state index contributed by atoms with van der Waals surface area (Å²) in [6.07, 6.45) is 6.33. The quantitative estimate of drug-likeness (QED) is 0.407. The van der Waals surface area contributed by atoms with Crippen LogP contribution in [0, 0.1) is 12.8 Å². The van der Waals surface area contributed by atoms with Crippen molar-refractivity contribution in [1.82, 2.24) is 14.9 Å². The Labute approximate surface area is 210 Å². The molecule has 0 bridgehead atoms. The number of halogens is 2. The third kappa shape index (κ3) is 9.55. The summed E-state index contributed by atoms with van der Waals surface area (Å²) in [5.41, 5.74) is 2.90. The Hall–Kier alpha value is -1.76. The van der Waals surface area contributed by atoms with E-state index in [4.69, 9.17) is 4.74 Å². The molecule has 1 unspecified atom stereocenters. The van der Waals surface area contributed by atoms with Crippen molar-refractivity contribution in [3.05, 3.63) is 51.4 Å². The number of hydrogen-bond donors (Lipinski definition) is 2. The Balaban J connectivity index is 0.00000272. The first-order chi connectivity index (χ1) is 15.0. The van der Waals surface area contributed by atoms with E-state index >= 15 is 0 Å². The van der Waals surface area contributed by atoms with Gasteiger partial charge in [-0.2, -0.15) is 0 Å². The minimum Gasteiger partial charge on any atom is -0.494 e. The van der Waals surface area contributed by atoms with Crippen molar-refractivity contribution in [2.24, 2.45) is 5.92 Å². The number of aryl methyl sites for hydroxylation is 1. The number of H-pyrrole nitrogens is 1. The Morgan fingerprint density at radius 2 is 2.09 bits per heavy atom. The van der Waals surface area contributed by atoms with E-state index < -0.39 is 0 Å². The number of nitrogens with zero attached hydrogens (tertiary/aromatic N) is 2. The lowest BCUT2D eigenvalue weighted by molar-refractivity contribution is 0.176. The van der Waals surface area contributed by atoms with Crippen LogP contribution in [0.25, 0.3) is 0 Å². The number of unbranched alkanes of at least 4 members (excludes halogenated alkanes) is 1. The number of aromatic amines is 1. The molecule has 2 N–H and O–H groups in total. The van der Waals surface area contributed by atoms with Crippen LogP contribution >= 0.6 is 24.8 Å². The van der Waals surface area contributed by atoms with E-state index in [2.05, 4.69) is 52.2 Å². The number of nitrogens with one attached hydrogen (secondary N) is 2. The molecular formula is C25H40Cl2N4O2. The first-order valence-electron chi connectivity index (χ1n) is 11.8. The first kappa shape index (κ1) is 29.3. The van der Waals surface area contributed by atoms with Crippen LogP contribution in [-0.2, 0) is 13.0 Å². The minimum absolute atomic E-state index is 0. The highest BCUT2D eigenvalue weighted by atomic mass is 35.5. The first-order valence-corrected chi connectivity index (χ1v) is 11.8. The molecule has 0 aliphatic carbocycles. The van der Waals surface area contributed by atoms with Crippen LogP contribution in [0.2, 0.25) is 0 Å². The zero-order valence-corrected chi connectivity index (χ0v) is 21.8. The average molecular weight is 500 g/mol. The molecule has 3 rings (SSSR count). The van der Waals surface area contributed by atoms with Crippen LogP contribution in [0.1, 0.15) is 62.8 Å². The van der Waals surface area contributed by atoms with E-state index in [0.717, 1.165) is 55.2 Å². The van der Waals surface area contributed by atoms with Gasteiger partial charge in [0.2, 0.25) is 5.95 Å². The fraction of sp³-hybridized carbons (Fsp3) is 0.600. The number of anilines is 1. The molecule has 186 valence electrons. The van der Waals surface area contributed by atoms with Crippen LogP contribution in [0.4, 0.5) is 5.95 Å². The van der Waals surface area contributed by atoms with Crippen molar-refractivity contribution in [2.45, 2.75) is 65.8 Å². The summed E-state index contributed by atoms with van der Waals surface area (Å²) in [5.74, 6) is 2.26. The second-order valence-electron chi connectivity index (χ2n) is 8.84. The van der Waals surface area contributed by atoms with Gasteiger partial charge in [-0.05, 0) is 69.2 Å². The molecule has 2 heterocycles. The van der Waals surface area contributed by atoms with Crippen LogP contribution in [-0.4, -0.2) is 41.1 Å². The van der Waals surface area contributed by atoms with Crippen molar-refractivity contribution >= 4 is 30.8 Å². The molecule has 1 atom stereocenters. The molecule has 33 heavy (non-hydrogen) atoms. The molecule has 6 nitrogen and oxygen atoms in total. The number of likely N-dealkylation sites (tertiary alicyclic amines) is 1. The van der Waals surface area contributed by atoms with Gasteiger partial charge in [0.25, 0.3) is 5.56 Å². The van der Waals surface area contributed by atoms with Crippen molar-refractivity contribution in [3.63, 3.8) is 0 Å². The Kier molecular flexibility index (Phi) is 13.5. The lowest BCUT2D eigenvalue weighted by atomic mass is 10.00. The number of aromatic nitrogens is 2. The van der Waals surface area contributed by atoms with Gasteiger partial charge in [0, 0.05) is 30.9 Å². The fourth-order valence-electron chi connectivity index (χ4n) is 4.23. The zero-order chi connectivity index (χ0) is 22.1. The van der Waals surface area contributed by atoms with Gasteiger partial charge in [-0.3, -0.25) is 14.7 Å². The largest absolute Gasteiger partial charge is 0.494 e. The SMILES string of the molecule is CCCCc1c(C)nc(NCCCOc2cccc(CN3CCCC(C)C3)c2)[nH]c1=O.Cl.Cl. The van der Waals surface area contributed by atoms with E-state index in [-0.39, 0.29) is 30.4 Å². The van der Waals surface area contributed by atoms with Crippen LogP contribution in [0.3, 0.4) is 0 Å². The van der Waals surface area contributed by atoms with Crippen molar-refractivity contribution in [2.75, 3.05) is 31.6 Å². The normalized spacial score (nSPS) is 15.9. The van der Waals surface area contributed by atoms with E-state index in [0.29, 0.717) is 19.1 Å². The van der Waals surface area contributed by atoms with Crippen molar-refractivity contribution in [3.8, 4) is 5.75 Å². The smallest absolute Gasteiger partial charge is 0.255 e. The molecule has 0 saturated carbocycles. The molecule has 2 aromatic rings. The van der Waals surface area contributed by atoms with Crippen molar-refractivity contribution in [1.29, 1.82) is 0 Å². The monoisotopic (exact) mass is 498 g/mol. The summed E-state index contributed by atoms with van der Waals surface area (Å²) in [4.78, 5) is 22.2. The molecule has 1 saturated heterocycles. The molecule has 0 radical (unpaired) electrons. The summed E-state index contributed by atoms with van der Waals surface area (Å²) < 4.78 is 5.95. The molecule has 0 spiro atoms. The predicted octanol–water partition coefficient (Wildman–Crippen LogP) is 5.38. The number of piperidine rings is 1. The van der Waals surface area contributed by atoms with Gasteiger partial charge in [0.05, 0.1) is 6.61 Å². The van der Waals surface area contributed by atoms with Gasteiger partial charge < -0.3 is 10.1 Å². The lowest BCUT2D eigenvalue weighted by Gasteiger charge is -2.30. The zero-order valence-electron chi connectivity index (χ0n) is 20.2. The van der Waals surface area contributed by atoms with E-state index in [1.54, 1.807) is 0 Å². The topological polar surface area (TPSA) is 70.2 Å². The highest BCUT2D eigenvalue weighted by Crippen LogP contribution is 2.20. The van der Waals surface area contributed by atoms with E-state index in [1.165, 1.54) is 31.5 Å². The Bertz CT molecular complexity index is 891. The Morgan fingerprint density at radius 1 is 1.27 bits per heavy atom. The molecule has 1 aromatic heterocycles. The number of ether oxygens (including phenoxy) is 1. The molecule has 1 aliphatic rings. The molecule has 1 fully saturated rings. The summed E-state index contributed by atoms with van der Waals surface area (Å²) in [5, 5.41) is 3.21. The number of rotatable bonds is 11. The molecule has 1 aromatic carbocycles.